The Morgan fingerprint density at radius 2 is 1.83 bits per heavy atom. The number of benzene rings is 1. The van der Waals surface area contributed by atoms with Crippen LogP contribution in [-0.4, -0.2) is 43.2 Å². The van der Waals surface area contributed by atoms with Crippen LogP contribution in [0.3, 0.4) is 0 Å². The summed E-state index contributed by atoms with van der Waals surface area (Å²) in [6.45, 7) is 1.23. The average molecular weight is 419 g/mol. The molecule has 0 aliphatic carbocycles. The summed E-state index contributed by atoms with van der Waals surface area (Å²) in [5, 5.41) is 4.19. The molecule has 0 spiro atoms. The van der Waals surface area contributed by atoms with E-state index < -0.39 is 17.3 Å². The van der Waals surface area contributed by atoms with Gasteiger partial charge in [-0.1, -0.05) is 18.9 Å². The van der Waals surface area contributed by atoms with Crippen LogP contribution in [0.5, 0.6) is 0 Å². The maximum atomic E-state index is 13.0. The van der Waals surface area contributed by atoms with Crippen molar-refractivity contribution >= 4 is 16.9 Å². The van der Waals surface area contributed by atoms with Crippen LogP contribution >= 0.6 is 0 Å². The molecule has 1 aliphatic heterocycles. The lowest BCUT2D eigenvalue weighted by atomic mass is 10.2. The van der Waals surface area contributed by atoms with Crippen molar-refractivity contribution in [2.24, 2.45) is 0 Å². The van der Waals surface area contributed by atoms with Gasteiger partial charge in [-0.3, -0.25) is 14.2 Å². The van der Waals surface area contributed by atoms with Crippen LogP contribution in [-0.2, 0) is 17.5 Å². The Balaban J connectivity index is 1.64. The highest BCUT2D eigenvalue weighted by atomic mass is 19.4. The average Bonchev–Trinajstić information content (AvgIpc) is 2.96. The van der Waals surface area contributed by atoms with E-state index in [1.54, 1.807) is 4.90 Å². The molecular weight excluding hydrogens is 399 g/mol. The van der Waals surface area contributed by atoms with Crippen LogP contribution in [0.1, 0.15) is 31.2 Å². The molecule has 0 unspecified atom stereocenters. The van der Waals surface area contributed by atoms with Gasteiger partial charge in [0.15, 0.2) is 5.65 Å². The van der Waals surface area contributed by atoms with Gasteiger partial charge in [0.05, 0.1) is 17.4 Å². The van der Waals surface area contributed by atoms with Gasteiger partial charge in [-0.15, -0.1) is 0 Å². The van der Waals surface area contributed by atoms with Gasteiger partial charge in [0.2, 0.25) is 5.91 Å². The molecular formula is C20H20F3N5O2. The Kier molecular flexibility index (Phi) is 5.31. The van der Waals surface area contributed by atoms with Crippen LogP contribution in [0.2, 0.25) is 0 Å². The standard InChI is InChI=1S/C20H20F3N5O2/c21-20(22,23)14-6-5-7-15(10-14)28-18-16(11-25-28)19(30)27(13-24-18)12-17(29)26-8-3-1-2-4-9-26/h5-7,10-11,13H,1-4,8-9,12H2. The molecule has 0 saturated carbocycles. The summed E-state index contributed by atoms with van der Waals surface area (Å²) < 4.78 is 41.4. The first-order valence-corrected chi connectivity index (χ1v) is 9.73. The van der Waals surface area contributed by atoms with Gasteiger partial charge in [-0.25, -0.2) is 9.67 Å². The summed E-state index contributed by atoms with van der Waals surface area (Å²) in [5.74, 6) is -0.148. The van der Waals surface area contributed by atoms with Crippen molar-refractivity contribution in [1.29, 1.82) is 0 Å². The minimum Gasteiger partial charge on any atom is -0.341 e. The fraction of sp³-hybridized carbons (Fsp3) is 0.400. The second-order valence-electron chi connectivity index (χ2n) is 7.31. The zero-order valence-corrected chi connectivity index (χ0v) is 16.1. The number of carbonyl (C=O) groups is 1. The molecule has 3 heterocycles. The largest absolute Gasteiger partial charge is 0.416 e. The van der Waals surface area contributed by atoms with E-state index in [0.717, 1.165) is 37.8 Å². The van der Waals surface area contributed by atoms with Gasteiger partial charge in [-0.05, 0) is 31.0 Å². The van der Waals surface area contributed by atoms with Gasteiger partial charge in [0.1, 0.15) is 18.3 Å². The first kappa shape index (κ1) is 20.1. The molecule has 0 atom stereocenters. The summed E-state index contributed by atoms with van der Waals surface area (Å²) in [6.07, 6.45) is 2.08. The van der Waals surface area contributed by atoms with Crippen molar-refractivity contribution in [2.45, 2.75) is 38.4 Å². The Morgan fingerprint density at radius 3 is 2.53 bits per heavy atom. The Bertz CT molecular complexity index is 1130. The normalized spacial score (nSPS) is 15.4. The molecule has 30 heavy (non-hydrogen) atoms. The predicted octanol–water partition coefficient (Wildman–Crippen LogP) is 3.00. The predicted molar refractivity (Wildman–Crippen MR) is 103 cm³/mol. The third kappa shape index (κ3) is 3.94. The second-order valence-corrected chi connectivity index (χ2v) is 7.31. The van der Waals surface area contributed by atoms with Crippen LogP contribution in [0.15, 0.2) is 41.6 Å². The van der Waals surface area contributed by atoms with Crippen molar-refractivity contribution in [1.82, 2.24) is 24.2 Å². The molecule has 1 saturated heterocycles. The molecule has 0 bridgehead atoms. The van der Waals surface area contributed by atoms with Gasteiger partial charge in [0.25, 0.3) is 5.56 Å². The first-order valence-electron chi connectivity index (χ1n) is 9.73. The highest BCUT2D eigenvalue weighted by Crippen LogP contribution is 2.30. The molecule has 7 nitrogen and oxygen atoms in total. The van der Waals surface area contributed by atoms with Crippen LogP contribution in [0.25, 0.3) is 16.7 Å². The van der Waals surface area contributed by atoms with Crippen molar-refractivity contribution in [2.75, 3.05) is 13.1 Å². The third-order valence-electron chi connectivity index (χ3n) is 5.24. The van der Waals surface area contributed by atoms with E-state index in [4.69, 9.17) is 0 Å². The first-order chi connectivity index (χ1) is 14.3. The van der Waals surface area contributed by atoms with Crippen molar-refractivity contribution in [3.63, 3.8) is 0 Å². The maximum absolute atomic E-state index is 13.0. The summed E-state index contributed by atoms with van der Waals surface area (Å²) in [6, 6.07) is 4.64. The van der Waals surface area contributed by atoms with Gasteiger partial charge in [-0.2, -0.15) is 18.3 Å². The number of aromatic nitrogens is 4. The molecule has 3 aromatic rings. The summed E-state index contributed by atoms with van der Waals surface area (Å²) in [4.78, 5) is 31.3. The number of hydrogen-bond donors (Lipinski definition) is 0. The lowest BCUT2D eigenvalue weighted by Crippen LogP contribution is -2.37. The van der Waals surface area contributed by atoms with Crippen molar-refractivity contribution in [3.05, 3.63) is 52.7 Å². The molecule has 2 aromatic heterocycles. The highest BCUT2D eigenvalue weighted by molar-refractivity contribution is 5.78. The van der Waals surface area contributed by atoms with Gasteiger partial charge < -0.3 is 4.90 Å². The van der Waals surface area contributed by atoms with E-state index in [2.05, 4.69) is 10.1 Å². The molecule has 10 heteroatoms. The maximum Gasteiger partial charge on any atom is 0.416 e. The molecule has 1 aliphatic rings. The summed E-state index contributed by atoms with van der Waals surface area (Å²) >= 11 is 0. The number of hydrogen-bond acceptors (Lipinski definition) is 4. The molecule has 4 rings (SSSR count). The smallest absolute Gasteiger partial charge is 0.341 e. The van der Waals surface area contributed by atoms with Crippen molar-refractivity contribution < 1.29 is 18.0 Å². The summed E-state index contributed by atoms with van der Waals surface area (Å²) in [7, 11) is 0. The van der Waals surface area contributed by atoms with E-state index in [9.17, 15) is 22.8 Å². The number of alkyl halides is 3. The van der Waals surface area contributed by atoms with E-state index >= 15 is 0 Å². The lowest BCUT2D eigenvalue weighted by molar-refractivity contribution is -0.137. The number of carbonyl (C=O) groups excluding carboxylic acids is 1. The Labute approximate surface area is 169 Å². The lowest BCUT2D eigenvalue weighted by Gasteiger charge is -2.20. The molecule has 158 valence electrons. The zero-order valence-electron chi connectivity index (χ0n) is 16.1. The van der Waals surface area contributed by atoms with Crippen LogP contribution < -0.4 is 5.56 Å². The fourth-order valence-electron chi connectivity index (χ4n) is 3.63. The van der Waals surface area contributed by atoms with Gasteiger partial charge >= 0.3 is 6.18 Å². The molecule has 1 amide bonds. The monoisotopic (exact) mass is 419 g/mol. The number of fused-ring (bicyclic) bond motifs is 1. The minimum atomic E-state index is -4.49. The number of amides is 1. The molecule has 1 fully saturated rings. The number of rotatable bonds is 3. The SMILES string of the molecule is O=C(Cn1cnc2c(cnn2-c2cccc(C(F)(F)F)c2)c1=O)N1CCCCCC1. The number of nitrogens with zero attached hydrogens (tertiary/aromatic N) is 5. The van der Waals surface area contributed by atoms with E-state index in [1.165, 1.54) is 33.9 Å². The quantitative estimate of drug-likeness (QED) is 0.654. The highest BCUT2D eigenvalue weighted by Gasteiger charge is 2.30. The van der Waals surface area contributed by atoms with E-state index in [0.29, 0.717) is 13.1 Å². The third-order valence-corrected chi connectivity index (χ3v) is 5.24. The van der Waals surface area contributed by atoms with Gasteiger partial charge in [0, 0.05) is 13.1 Å². The fourth-order valence-corrected chi connectivity index (χ4v) is 3.63. The molecule has 0 radical (unpaired) electrons. The number of likely N-dealkylation sites (tertiary alicyclic amines) is 1. The summed E-state index contributed by atoms with van der Waals surface area (Å²) in [5.41, 5.74) is -0.996. The Morgan fingerprint density at radius 1 is 1.10 bits per heavy atom. The Hall–Kier alpha value is -3.17. The van der Waals surface area contributed by atoms with E-state index in [1.807, 2.05) is 0 Å². The zero-order chi connectivity index (χ0) is 21.3. The topological polar surface area (TPSA) is 73.0 Å². The number of halogens is 3. The molecule has 1 aromatic carbocycles. The van der Waals surface area contributed by atoms with Crippen LogP contribution in [0, 0.1) is 0 Å². The van der Waals surface area contributed by atoms with Crippen LogP contribution in [0.4, 0.5) is 13.2 Å². The second kappa shape index (κ2) is 7.92. The minimum absolute atomic E-state index is 0.128. The van der Waals surface area contributed by atoms with E-state index in [-0.39, 0.29) is 29.2 Å². The van der Waals surface area contributed by atoms with Crippen molar-refractivity contribution in [3.8, 4) is 5.69 Å². The molecule has 0 N–H and O–H groups in total.